The Morgan fingerprint density at radius 2 is 2.00 bits per heavy atom. The molecule has 2 N–H and O–H groups in total. The summed E-state index contributed by atoms with van der Waals surface area (Å²) < 4.78 is 5.68. The molecule has 1 saturated heterocycles. The van der Waals surface area contributed by atoms with Gasteiger partial charge in [-0.1, -0.05) is 11.6 Å². The molecule has 1 fully saturated rings. The van der Waals surface area contributed by atoms with Crippen LogP contribution >= 0.6 is 11.6 Å². The fourth-order valence-electron chi connectivity index (χ4n) is 2.91. The predicted molar refractivity (Wildman–Crippen MR) is 101 cm³/mol. The maximum absolute atomic E-state index is 11.5. The van der Waals surface area contributed by atoms with Gasteiger partial charge in [0.25, 0.3) is 0 Å². The lowest BCUT2D eigenvalue weighted by atomic mass is 9.93. The van der Waals surface area contributed by atoms with Gasteiger partial charge in [-0.2, -0.15) is 0 Å². The number of hydrogen-bond acceptors (Lipinski definition) is 3. The van der Waals surface area contributed by atoms with Crippen LogP contribution in [-0.2, 0) is 4.79 Å². The average Bonchev–Trinajstić information content (AvgIpc) is 2.64. The highest BCUT2D eigenvalue weighted by molar-refractivity contribution is 6.30. The second-order valence-corrected chi connectivity index (χ2v) is 6.52. The first-order valence-corrected chi connectivity index (χ1v) is 9.04. The van der Waals surface area contributed by atoms with E-state index in [9.17, 15) is 4.79 Å². The first-order valence-electron chi connectivity index (χ1n) is 8.67. The van der Waals surface area contributed by atoms with E-state index in [0.717, 1.165) is 37.6 Å². The average molecular weight is 367 g/mol. The molecule has 0 aliphatic carbocycles. The maximum Gasteiger partial charge on any atom is 0.220 e. The molecule has 1 aliphatic rings. The molecule has 138 valence electrons. The molecule has 0 spiro atoms. The Balaban J connectivity index is 1.68. The minimum atomic E-state index is 0.125. The number of carbonyl (C=O) groups excluding carboxylic acids is 1. The van der Waals surface area contributed by atoms with Gasteiger partial charge in [0, 0.05) is 38.6 Å². The van der Waals surface area contributed by atoms with Crippen LogP contribution < -0.4 is 15.4 Å². The van der Waals surface area contributed by atoms with Crippen LogP contribution in [-0.4, -0.2) is 57.1 Å². The van der Waals surface area contributed by atoms with Crippen LogP contribution in [0.1, 0.15) is 19.3 Å². The summed E-state index contributed by atoms with van der Waals surface area (Å²) in [7, 11) is 3.48. The van der Waals surface area contributed by atoms with Crippen LogP contribution in [0.2, 0.25) is 5.02 Å². The number of ether oxygens (including phenoxy) is 1. The molecule has 0 aromatic heterocycles. The molecule has 7 heteroatoms. The Hall–Kier alpha value is -1.95. The zero-order chi connectivity index (χ0) is 18.1. The summed E-state index contributed by atoms with van der Waals surface area (Å²) in [6.07, 6.45) is 2.64. The van der Waals surface area contributed by atoms with E-state index < -0.39 is 0 Å². The number of rotatable bonds is 6. The van der Waals surface area contributed by atoms with Gasteiger partial charge in [0.2, 0.25) is 5.91 Å². The van der Waals surface area contributed by atoms with Crippen molar-refractivity contribution in [2.75, 3.05) is 40.3 Å². The minimum absolute atomic E-state index is 0.125. The normalized spacial score (nSPS) is 15.8. The van der Waals surface area contributed by atoms with Gasteiger partial charge < -0.3 is 20.3 Å². The van der Waals surface area contributed by atoms with Gasteiger partial charge in [0.15, 0.2) is 5.96 Å². The molecule has 25 heavy (non-hydrogen) atoms. The van der Waals surface area contributed by atoms with E-state index in [-0.39, 0.29) is 5.91 Å². The van der Waals surface area contributed by atoms with E-state index in [1.165, 1.54) is 0 Å². The van der Waals surface area contributed by atoms with Crippen molar-refractivity contribution in [2.45, 2.75) is 19.3 Å². The Labute approximate surface area is 154 Å². The van der Waals surface area contributed by atoms with Crippen molar-refractivity contribution in [3.05, 3.63) is 29.3 Å². The number of benzene rings is 1. The zero-order valence-corrected chi connectivity index (χ0v) is 15.7. The van der Waals surface area contributed by atoms with E-state index >= 15 is 0 Å². The second kappa shape index (κ2) is 10.1. The molecule has 0 bridgehead atoms. The van der Waals surface area contributed by atoms with E-state index in [0.29, 0.717) is 30.5 Å². The van der Waals surface area contributed by atoms with Gasteiger partial charge in [-0.15, -0.1) is 0 Å². The topological polar surface area (TPSA) is 66.0 Å². The van der Waals surface area contributed by atoms with Crippen LogP contribution in [0.15, 0.2) is 29.3 Å². The molecular formula is C18H27ClN4O2. The number of amides is 1. The first-order chi connectivity index (χ1) is 12.1. The summed E-state index contributed by atoms with van der Waals surface area (Å²) in [5.41, 5.74) is 0. The van der Waals surface area contributed by atoms with Crippen LogP contribution in [0.4, 0.5) is 0 Å². The van der Waals surface area contributed by atoms with Crippen molar-refractivity contribution in [1.29, 1.82) is 0 Å². The molecule has 0 atom stereocenters. The van der Waals surface area contributed by atoms with E-state index in [1.807, 2.05) is 24.3 Å². The summed E-state index contributed by atoms with van der Waals surface area (Å²) in [4.78, 5) is 18.1. The summed E-state index contributed by atoms with van der Waals surface area (Å²) in [6, 6.07) is 7.33. The van der Waals surface area contributed by atoms with Crippen molar-refractivity contribution in [3.63, 3.8) is 0 Å². The SMILES string of the molecule is CN=C(NCCOc1ccc(Cl)cc1)N1CCC(CC(=O)NC)CC1. The van der Waals surface area contributed by atoms with E-state index in [1.54, 1.807) is 14.1 Å². The maximum atomic E-state index is 11.5. The molecule has 1 heterocycles. The lowest BCUT2D eigenvalue weighted by Gasteiger charge is -2.34. The predicted octanol–water partition coefficient (Wildman–Crippen LogP) is 2.14. The van der Waals surface area contributed by atoms with Crippen LogP contribution in [0, 0.1) is 5.92 Å². The van der Waals surface area contributed by atoms with E-state index in [2.05, 4.69) is 20.5 Å². The number of nitrogens with zero attached hydrogens (tertiary/aromatic N) is 2. The summed E-state index contributed by atoms with van der Waals surface area (Å²) in [5, 5.41) is 6.73. The molecule has 1 aromatic rings. The third kappa shape index (κ3) is 6.46. The summed E-state index contributed by atoms with van der Waals surface area (Å²) in [6.45, 7) is 3.06. The summed E-state index contributed by atoms with van der Waals surface area (Å²) >= 11 is 5.85. The fraction of sp³-hybridized carbons (Fsp3) is 0.556. The second-order valence-electron chi connectivity index (χ2n) is 6.08. The Morgan fingerprint density at radius 1 is 1.32 bits per heavy atom. The van der Waals surface area contributed by atoms with Gasteiger partial charge in [-0.05, 0) is 43.0 Å². The molecule has 1 aliphatic heterocycles. The number of aliphatic imine (C=N–C) groups is 1. The van der Waals surface area contributed by atoms with Crippen LogP contribution in [0.25, 0.3) is 0 Å². The molecule has 6 nitrogen and oxygen atoms in total. The van der Waals surface area contributed by atoms with Crippen molar-refractivity contribution in [2.24, 2.45) is 10.9 Å². The lowest BCUT2D eigenvalue weighted by molar-refractivity contribution is -0.121. The molecule has 1 aromatic carbocycles. The highest BCUT2D eigenvalue weighted by Gasteiger charge is 2.22. The van der Waals surface area contributed by atoms with Crippen molar-refractivity contribution in [1.82, 2.24) is 15.5 Å². The smallest absolute Gasteiger partial charge is 0.220 e. The van der Waals surface area contributed by atoms with Gasteiger partial charge in [0.1, 0.15) is 12.4 Å². The lowest BCUT2D eigenvalue weighted by Crippen LogP contribution is -2.46. The van der Waals surface area contributed by atoms with Crippen LogP contribution in [0.3, 0.4) is 0 Å². The monoisotopic (exact) mass is 366 g/mol. The number of carbonyl (C=O) groups is 1. The molecule has 1 amide bonds. The number of likely N-dealkylation sites (tertiary alicyclic amines) is 1. The van der Waals surface area contributed by atoms with Gasteiger partial charge >= 0.3 is 0 Å². The molecule has 0 unspecified atom stereocenters. The van der Waals surface area contributed by atoms with Gasteiger partial charge in [-0.25, -0.2) is 0 Å². The quantitative estimate of drug-likeness (QED) is 0.460. The van der Waals surface area contributed by atoms with Gasteiger partial charge in [-0.3, -0.25) is 9.79 Å². The molecule has 0 saturated carbocycles. The third-order valence-corrected chi connectivity index (χ3v) is 4.60. The highest BCUT2D eigenvalue weighted by Crippen LogP contribution is 2.20. The minimum Gasteiger partial charge on any atom is -0.492 e. The van der Waals surface area contributed by atoms with Crippen molar-refractivity contribution >= 4 is 23.5 Å². The van der Waals surface area contributed by atoms with Crippen molar-refractivity contribution < 1.29 is 9.53 Å². The van der Waals surface area contributed by atoms with Gasteiger partial charge in [0.05, 0.1) is 6.54 Å². The Kier molecular flexibility index (Phi) is 7.85. The standard InChI is InChI=1S/C18H27ClN4O2/c1-20-17(24)13-14-7-10-23(11-8-14)18(21-2)22-9-12-25-16-5-3-15(19)4-6-16/h3-6,14H,7-13H2,1-2H3,(H,20,24)(H,21,22). The van der Waals surface area contributed by atoms with Crippen molar-refractivity contribution in [3.8, 4) is 5.75 Å². The number of piperidine rings is 1. The molecule has 0 radical (unpaired) electrons. The summed E-state index contributed by atoms with van der Waals surface area (Å²) in [5.74, 6) is 2.28. The largest absolute Gasteiger partial charge is 0.492 e. The Bertz CT molecular complexity index is 569. The third-order valence-electron chi connectivity index (χ3n) is 4.35. The number of hydrogen-bond donors (Lipinski definition) is 2. The first kappa shape index (κ1) is 19.4. The van der Waals surface area contributed by atoms with Crippen LogP contribution in [0.5, 0.6) is 5.75 Å². The Morgan fingerprint density at radius 3 is 2.60 bits per heavy atom. The molecular weight excluding hydrogens is 340 g/mol. The van der Waals surface area contributed by atoms with E-state index in [4.69, 9.17) is 16.3 Å². The number of nitrogens with one attached hydrogen (secondary N) is 2. The molecule has 2 rings (SSSR count). The number of guanidine groups is 1. The fourth-order valence-corrected chi connectivity index (χ4v) is 3.03. The zero-order valence-electron chi connectivity index (χ0n) is 14.9. The number of halogens is 1. The highest BCUT2D eigenvalue weighted by atomic mass is 35.5.